The minimum absolute atomic E-state index is 0.0658. The summed E-state index contributed by atoms with van der Waals surface area (Å²) in [7, 11) is 1.58. The number of aromatic nitrogens is 2. The number of amides is 3. The lowest BCUT2D eigenvalue weighted by Crippen LogP contribution is -2.46. The number of aryl methyl sites for hydroxylation is 1. The van der Waals surface area contributed by atoms with Crippen LogP contribution in [0.15, 0.2) is 35.8 Å². The standard InChI is InChI=1S/C31H41N5O6/c1-5-20-11-9-12-21(20)10-7-6-8-13-24-30(35-25-16-22(41-4)14-15-23(25)34-24)42-26-18-36(27(37)17-33-31(39)40)28(19(26)2)29(38)32-3/h5,14-16,19-21,26,28,33H,1,3,6-13,17-18H2,2,4H3,(H,39,40). The molecule has 5 atom stereocenters. The minimum Gasteiger partial charge on any atom is -0.497 e. The summed E-state index contributed by atoms with van der Waals surface area (Å²) in [4.78, 5) is 51.0. The Labute approximate surface area is 246 Å². The number of benzene rings is 1. The fourth-order valence-corrected chi connectivity index (χ4v) is 6.26. The molecule has 1 aromatic carbocycles. The van der Waals surface area contributed by atoms with Gasteiger partial charge in [0, 0.05) is 12.0 Å². The average Bonchev–Trinajstić information content (AvgIpc) is 3.58. The van der Waals surface area contributed by atoms with Gasteiger partial charge in [0.05, 0.1) is 24.7 Å². The molecule has 11 heteroatoms. The lowest BCUT2D eigenvalue weighted by atomic mass is 9.90. The van der Waals surface area contributed by atoms with Gasteiger partial charge in [0.15, 0.2) is 0 Å². The number of hydrogen-bond acceptors (Lipinski definition) is 7. The lowest BCUT2D eigenvalue weighted by Gasteiger charge is -2.23. The molecule has 2 aliphatic rings. The number of nitrogens with zero attached hydrogens (tertiary/aromatic N) is 4. The van der Waals surface area contributed by atoms with Crippen LogP contribution in [0.25, 0.3) is 11.0 Å². The van der Waals surface area contributed by atoms with E-state index in [0.29, 0.717) is 35.2 Å². The second-order valence-corrected chi connectivity index (χ2v) is 11.2. The Kier molecular flexibility index (Phi) is 10.5. The van der Waals surface area contributed by atoms with E-state index in [9.17, 15) is 14.4 Å². The van der Waals surface area contributed by atoms with Crippen molar-refractivity contribution in [2.45, 2.75) is 70.4 Å². The van der Waals surface area contributed by atoms with E-state index in [-0.39, 0.29) is 6.54 Å². The van der Waals surface area contributed by atoms with E-state index in [2.05, 4.69) is 29.7 Å². The molecule has 2 fully saturated rings. The molecule has 5 unspecified atom stereocenters. The number of carbonyl (C=O) groups is 3. The van der Waals surface area contributed by atoms with Gasteiger partial charge in [0.2, 0.25) is 11.8 Å². The number of nitrogens with one attached hydrogen (secondary N) is 1. The number of carboxylic acid groups (broad SMARTS) is 1. The summed E-state index contributed by atoms with van der Waals surface area (Å²) in [6.07, 6.45) is 9.01. The fraction of sp³-hybridized carbons (Fsp3) is 0.548. The molecule has 0 radical (unpaired) electrons. The topological polar surface area (TPSA) is 143 Å². The van der Waals surface area contributed by atoms with Crippen molar-refractivity contribution in [1.82, 2.24) is 20.2 Å². The van der Waals surface area contributed by atoms with Crippen LogP contribution < -0.4 is 14.8 Å². The van der Waals surface area contributed by atoms with Gasteiger partial charge >= 0.3 is 6.09 Å². The highest BCUT2D eigenvalue weighted by molar-refractivity contribution is 5.92. The maximum atomic E-state index is 12.9. The third-order valence-electron chi connectivity index (χ3n) is 8.60. The molecule has 4 rings (SSSR count). The number of carbonyl (C=O) groups excluding carboxylic acids is 2. The summed E-state index contributed by atoms with van der Waals surface area (Å²) in [6.45, 7) is 8.74. The Morgan fingerprint density at radius 1 is 1.19 bits per heavy atom. The second-order valence-electron chi connectivity index (χ2n) is 11.2. The predicted molar refractivity (Wildman–Crippen MR) is 159 cm³/mol. The smallest absolute Gasteiger partial charge is 0.405 e. The maximum Gasteiger partial charge on any atom is 0.405 e. The van der Waals surface area contributed by atoms with Crippen LogP contribution in [0.2, 0.25) is 0 Å². The molecule has 2 heterocycles. The van der Waals surface area contributed by atoms with Crippen molar-refractivity contribution < 1.29 is 29.0 Å². The highest BCUT2D eigenvalue weighted by atomic mass is 16.5. The van der Waals surface area contributed by atoms with Crippen LogP contribution in [0, 0.1) is 17.8 Å². The van der Waals surface area contributed by atoms with Gasteiger partial charge in [0.1, 0.15) is 30.1 Å². The predicted octanol–water partition coefficient (Wildman–Crippen LogP) is 4.43. The van der Waals surface area contributed by atoms with Crippen LogP contribution in [0.5, 0.6) is 11.6 Å². The molecule has 1 saturated heterocycles. The highest BCUT2D eigenvalue weighted by Gasteiger charge is 2.47. The molecule has 2 aromatic rings. The van der Waals surface area contributed by atoms with Gasteiger partial charge in [-0.3, -0.25) is 9.59 Å². The number of rotatable bonds is 13. The van der Waals surface area contributed by atoms with Crippen LogP contribution in [-0.2, 0) is 16.0 Å². The zero-order valence-corrected chi connectivity index (χ0v) is 24.5. The van der Waals surface area contributed by atoms with Crippen molar-refractivity contribution in [2.75, 3.05) is 20.2 Å². The Hall–Kier alpha value is -4.02. The summed E-state index contributed by atoms with van der Waals surface area (Å²) in [5, 5.41) is 11.0. The molecule has 226 valence electrons. The summed E-state index contributed by atoms with van der Waals surface area (Å²) >= 11 is 0. The lowest BCUT2D eigenvalue weighted by molar-refractivity contribution is -0.137. The molecule has 0 spiro atoms. The van der Waals surface area contributed by atoms with Crippen LogP contribution in [0.1, 0.15) is 57.6 Å². The van der Waals surface area contributed by atoms with E-state index in [1.807, 2.05) is 12.1 Å². The van der Waals surface area contributed by atoms with Crippen molar-refractivity contribution in [1.29, 1.82) is 0 Å². The van der Waals surface area contributed by atoms with Gasteiger partial charge in [-0.25, -0.2) is 19.8 Å². The summed E-state index contributed by atoms with van der Waals surface area (Å²) < 4.78 is 11.8. The highest BCUT2D eigenvalue weighted by Crippen LogP contribution is 2.36. The van der Waals surface area contributed by atoms with E-state index in [1.165, 1.54) is 30.6 Å². The summed E-state index contributed by atoms with van der Waals surface area (Å²) in [5.41, 5.74) is 2.04. The first-order valence-electron chi connectivity index (χ1n) is 14.7. The fourth-order valence-electron chi connectivity index (χ4n) is 6.26. The molecule has 42 heavy (non-hydrogen) atoms. The zero-order chi connectivity index (χ0) is 30.2. The van der Waals surface area contributed by atoms with Crippen molar-refractivity contribution in [3.8, 4) is 11.6 Å². The molecule has 1 aliphatic carbocycles. The molecule has 1 aliphatic heterocycles. The SMILES string of the molecule is C=CC1CCCC1CCCCCc1nc2ccc(OC)cc2nc1OC1CN(C(=O)CNC(=O)O)C(C(=O)N=C)C1C. The van der Waals surface area contributed by atoms with Crippen LogP contribution >= 0.6 is 0 Å². The quantitative estimate of drug-likeness (QED) is 0.202. The first-order valence-corrected chi connectivity index (χ1v) is 14.7. The molecule has 11 nitrogen and oxygen atoms in total. The third-order valence-corrected chi connectivity index (χ3v) is 8.60. The van der Waals surface area contributed by atoms with E-state index >= 15 is 0 Å². The van der Waals surface area contributed by atoms with Crippen molar-refractivity contribution in [3.05, 3.63) is 36.5 Å². The van der Waals surface area contributed by atoms with Gasteiger partial charge in [-0.2, -0.15) is 0 Å². The largest absolute Gasteiger partial charge is 0.497 e. The van der Waals surface area contributed by atoms with Crippen molar-refractivity contribution in [3.63, 3.8) is 0 Å². The van der Waals surface area contributed by atoms with Gasteiger partial charge in [0.25, 0.3) is 5.91 Å². The summed E-state index contributed by atoms with van der Waals surface area (Å²) in [6, 6.07) is 4.56. The van der Waals surface area contributed by atoms with Gasteiger partial charge < -0.3 is 24.8 Å². The number of ether oxygens (including phenoxy) is 2. The summed E-state index contributed by atoms with van der Waals surface area (Å²) in [5.74, 6) is 0.792. The number of methoxy groups -OCH3 is 1. The number of allylic oxidation sites excluding steroid dienone is 1. The number of aliphatic imine (C=N–C) groups is 1. The normalized spacial score (nSPS) is 23.5. The van der Waals surface area contributed by atoms with E-state index in [4.69, 9.17) is 24.5 Å². The van der Waals surface area contributed by atoms with Crippen molar-refractivity contribution >= 4 is 35.7 Å². The Bertz CT molecular complexity index is 1320. The van der Waals surface area contributed by atoms with Gasteiger partial charge in [-0.05, 0) is 62.8 Å². The van der Waals surface area contributed by atoms with Gasteiger partial charge in [-0.1, -0.05) is 32.3 Å². The minimum atomic E-state index is -1.33. The molecule has 1 aromatic heterocycles. The number of fused-ring (bicyclic) bond motifs is 1. The van der Waals surface area contributed by atoms with E-state index in [0.717, 1.165) is 30.7 Å². The number of likely N-dealkylation sites (tertiary alicyclic amines) is 1. The molecule has 0 bridgehead atoms. The first-order chi connectivity index (χ1) is 20.2. The Morgan fingerprint density at radius 3 is 2.71 bits per heavy atom. The van der Waals surface area contributed by atoms with E-state index < -0.39 is 42.5 Å². The average molecular weight is 580 g/mol. The molecular formula is C31H41N5O6. The Morgan fingerprint density at radius 2 is 2.00 bits per heavy atom. The maximum absolute atomic E-state index is 12.9. The molecular weight excluding hydrogens is 538 g/mol. The monoisotopic (exact) mass is 579 g/mol. The van der Waals surface area contributed by atoms with Crippen molar-refractivity contribution in [2.24, 2.45) is 22.7 Å². The zero-order valence-electron chi connectivity index (χ0n) is 24.5. The number of unbranched alkanes of at least 4 members (excludes halogenated alkanes) is 2. The third kappa shape index (κ3) is 7.24. The molecule has 1 saturated carbocycles. The first kappa shape index (κ1) is 30.9. The van der Waals surface area contributed by atoms with Crippen LogP contribution in [0.4, 0.5) is 4.79 Å². The van der Waals surface area contributed by atoms with Crippen LogP contribution in [-0.4, -0.2) is 76.9 Å². The van der Waals surface area contributed by atoms with Gasteiger partial charge in [-0.15, -0.1) is 6.58 Å². The van der Waals surface area contributed by atoms with Crippen LogP contribution in [0.3, 0.4) is 0 Å². The molecule has 3 amide bonds. The number of hydrogen-bond donors (Lipinski definition) is 2. The van der Waals surface area contributed by atoms with E-state index in [1.54, 1.807) is 20.1 Å². The molecule has 2 N–H and O–H groups in total. The Balaban J connectivity index is 1.52. The second kappa shape index (κ2) is 14.2.